The molecule has 0 unspecified atom stereocenters. The molecule has 18 heavy (non-hydrogen) atoms. The largest absolute Gasteiger partial charge is 0.381 e. The monoisotopic (exact) mass is 240 g/mol. The second-order valence-electron chi connectivity index (χ2n) is 4.00. The highest BCUT2D eigenvalue weighted by atomic mass is 16.1. The van der Waals surface area contributed by atoms with Crippen molar-refractivity contribution in [2.24, 2.45) is 0 Å². The average Bonchev–Trinajstić information content (AvgIpc) is 2.78. The zero-order chi connectivity index (χ0) is 12.8. The molecule has 1 heterocycles. The van der Waals surface area contributed by atoms with Crippen molar-refractivity contribution in [1.82, 2.24) is 5.32 Å². The first-order chi connectivity index (χ1) is 8.79. The van der Waals surface area contributed by atoms with Gasteiger partial charge in [-0.1, -0.05) is 30.3 Å². The summed E-state index contributed by atoms with van der Waals surface area (Å²) in [6.07, 6.45) is 0. The van der Waals surface area contributed by atoms with E-state index in [0.29, 0.717) is 5.56 Å². The van der Waals surface area contributed by atoms with E-state index in [2.05, 4.69) is 34.9 Å². The van der Waals surface area contributed by atoms with Crippen molar-refractivity contribution in [1.29, 1.82) is 0 Å². The smallest absolute Gasteiger partial charge is 0.251 e. The first kappa shape index (κ1) is 12.2. The Morgan fingerprint density at radius 3 is 2.50 bits per heavy atom. The van der Waals surface area contributed by atoms with Gasteiger partial charge in [0.15, 0.2) is 0 Å². The summed E-state index contributed by atoms with van der Waals surface area (Å²) in [7, 11) is 1.62. The number of benzene rings is 2. The quantitative estimate of drug-likeness (QED) is 0.804. The summed E-state index contributed by atoms with van der Waals surface area (Å²) in [5, 5.41) is 5.77. The minimum Gasteiger partial charge on any atom is -0.381 e. The topological polar surface area (TPSA) is 41.1 Å². The Morgan fingerprint density at radius 2 is 1.89 bits per heavy atom. The highest BCUT2D eigenvalue weighted by molar-refractivity contribution is 5.93. The fraction of sp³-hybridized carbons (Fsp3) is 0.133. The van der Waals surface area contributed by atoms with Crippen molar-refractivity contribution >= 4 is 11.6 Å². The van der Waals surface area contributed by atoms with Crippen molar-refractivity contribution in [2.75, 3.05) is 12.4 Å². The van der Waals surface area contributed by atoms with E-state index in [-0.39, 0.29) is 5.91 Å². The number of nitrogens with one attached hydrogen (secondary N) is 2. The van der Waals surface area contributed by atoms with Gasteiger partial charge in [-0.15, -0.1) is 0 Å². The molecule has 2 N–H and O–H groups in total. The van der Waals surface area contributed by atoms with Crippen LogP contribution < -0.4 is 10.6 Å². The van der Waals surface area contributed by atoms with E-state index < -0.39 is 0 Å². The number of rotatable bonds is 1. The molecule has 1 amide bonds. The molecule has 0 saturated carbocycles. The van der Waals surface area contributed by atoms with Gasteiger partial charge in [0.25, 0.3) is 5.91 Å². The predicted molar refractivity (Wildman–Crippen MR) is 73.6 cm³/mol. The van der Waals surface area contributed by atoms with Crippen molar-refractivity contribution < 1.29 is 4.79 Å². The number of hydrogen-bond acceptors (Lipinski definition) is 2. The summed E-state index contributed by atoms with van der Waals surface area (Å²) in [6.45, 7) is 1.02. The van der Waals surface area contributed by atoms with Crippen LogP contribution in [-0.4, -0.2) is 13.0 Å². The zero-order valence-corrected chi connectivity index (χ0v) is 10.3. The highest BCUT2D eigenvalue weighted by Crippen LogP contribution is 2.17. The average molecular weight is 240 g/mol. The number of anilines is 1. The van der Waals surface area contributed by atoms with Crippen LogP contribution in [0.15, 0.2) is 54.6 Å². The van der Waals surface area contributed by atoms with E-state index in [9.17, 15) is 4.79 Å². The van der Waals surface area contributed by atoms with Crippen LogP contribution in [0, 0.1) is 0 Å². The van der Waals surface area contributed by atoms with Gasteiger partial charge in [-0.3, -0.25) is 4.79 Å². The minimum atomic E-state index is -0.0411. The highest BCUT2D eigenvalue weighted by Gasteiger charge is 2.01. The van der Waals surface area contributed by atoms with Crippen molar-refractivity contribution in [2.45, 2.75) is 6.54 Å². The molecule has 0 aromatic heterocycles. The molecule has 3 heteroatoms. The van der Waals surface area contributed by atoms with E-state index in [1.807, 2.05) is 18.2 Å². The summed E-state index contributed by atoms with van der Waals surface area (Å²) < 4.78 is 0. The van der Waals surface area contributed by atoms with Crippen LogP contribution in [0.4, 0.5) is 5.69 Å². The molecule has 0 radical (unpaired) electrons. The molecule has 2 aromatic carbocycles. The first-order valence-electron chi connectivity index (χ1n) is 5.89. The Hall–Kier alpha value is -2.29. The maximum atomic E-state index is 10.9. The van der Waals surface area contributed by atoms with Gasteiger partial charge in [-0.05, 0) is 29.8 Å². The molecule has 0 spiro atoms. The summed E-state index contributed by atoms with van der Waals surface area (Å²) in [5.74, 6) is -0.0411. The molecule has 2 bridgehead atoms. The van der Waals surface area contributed by atoms with E-state index in [0.717, 1.165) is 6.54 Å². The molecule has 0 saturated heterocycles. The molecule has 2 aromatic rings. The van der Waals surface area contributed by atoms with Crippen LogP contribution >= 0.6 is 0 Å². The van der Waals surface area contributed by atoms with Gasteiger partial charge in [0.05, 0.1) is 0 Å². The second kappa shape index (κ2) is 5.87. The number of amides is 1. The lowest BCUT2D eigenvalue weighted by Crippen LogP contribution is -2.17. The van der Waals surface area contributed by atoms with Gasteiger partial charge in [-0.25, -0.2) is 0 Å². The van der Waals surface area contributed by atoms with E-state index >= 15 is 0 Å². The Balaban J connectivity index is 0.000000136. The molecule has 3 nitrogen and oxygen atoms in total. The summed E-state index contributed by atoms with van der Waals surface area (Å²) in [6, 6.07) is 17.6. The van der Waals surface area contributed by atoms with Crippen molar-refractivity contribution in [3.63, 3.8) is 0 Å². The lowest BCUT2D eigenvalue weighted by molar-refractivity contribution is 0.0963. The molecule has 0 atom stereocenters. The lowest BCUT2D eigenvalue weighted by Gasteiger charge is -1.96. The molecule has 92 valence electrons. The van der Waals surface area contributed by atoms with Gasteiger partial charge >= 0.3 is 0 Å². The van der Waals surface area contributed by atoms with Gasteiger partial charge in [0, 0.05) is 24.8 Å². The van der Waals surface area contributed by atoms with Crippen LogP contribution in [0.25, 0.3) is 0 Å². The maximum Gasteiger partial charge on any atom is 0.251 e. The molecule has 1 aliphatic heterocycles. The number of carbonyl (C=O) groups is 1. The summed E-state index contributed by atoms with van der Waals surface area (Å²) >= 11 is 0. The van der Waals surface area contributed by atoms with Crippen molar-refractivity contribution in [3.05, 3.63) is 65.7 Å². The Labute approximate surface area is 107 Å². The minimum absolute atomic E-state index is 0.0411. The van der Waals surface area contributed by atoms with E-state index in [1.54, 1.807) is 19.2 Å². The lowest BCUT2D eigenvalue weighted by atomic mass is 10.2. The Kier molecular flexibility index (Phi) is 3.97. The zero-order valence-electron chi connectivity index (χ0n) is 10.3. The van der Waals surface area contributed by atoms with Gasteiger partial charge in [0.1, 0.15) is 0 Å². The van der Waals surface area contributed by atoms with Gasteiger partial charge in [-0.2, -0.15) is 0 Å². The van der Waals surface area contributed by atoms with Crippen LogP contribution in [0.1, 0.15) is 15.9 Å². The SMILES string of the molecule is CNC(=O)c1ccccc1.c1cc2cc(c1)NC2. The van der Waals surface area contributed by atoms with Crippen LogP contribution in [0.2, 0.25) is 0 Å². The number of fused-ring (bicyclic) bond motifs is 2. The maximum absolute atomic E-state index is 10.9. The van der Waals surface area contributed by atoms with E-state index in [1.165, 1.54) is 11.3 Å². The normalized spacial score (nSPS) is 10.9. The first-order valence-corrected chi connectivity index (χ1v) is 5.89. The molecule has 0 aliphatic carbocycles. The van der Waals surface area contributed by atoms with Crippen LogP contribution in [0.3, 0.4) is 0 Å². The Bertz CT molecular complexity index is 504. The molecule has 1 aliphatic rings. The summed E-state index contributed by atoms with van der Waals surface area (Å²) in [4.78, 5) is 10.9. The molecule has 3 rings (SSSR count). The third-order valence-corrected chi connectivity index (χ3v) is 2.69. The predicted octanol–water partition coefficient (Wildman–Crippen LogP) is 2.66. The second-order valence-corrected chi connectivity index (χ2v) is 4.00. The van der Waals surface area contributed by atoms with Gasteiger partial charge in [0.2, 0.25) is 0 Å². The molecular weight excluding hydrogens is 224 g/mol. The fourth-order valence-electron chi connectivity index (χ4n) is 1.73. The number of hydrogen-bond donors (Lipinski definition) is 2. The van der Waals surface area contributed by atoms with Crippen molar-refractivity contribution in [3.8, 4) is 0 Å². The standard InChI is InChI=1S/C8H9NO.C7H7N/c1-9-8(10)7-5-3-2-4-6-7;1-2-6-4-7(3-1)8-5-6/h2-6H,1H3,(H,9,10);1-4,8H,5H2. The Morgan fingerprint density at radius 1 is 1.11 bits per heavy atom. The van der Waals surface area contributed by atoms with Crippen LogP contribution in [0.5, 0.6) is 0 Å². The van der Waals surface area contributed by atoms with Crippen LogP contribution in [-0.2, 0) is 6.54 Å². The summed E-state index contributed by atoms with van der Waals surface area (Å²) in [5.41, 5.74) is 3.34. The number of carbonyl (C=O) groups excluding carboxylic acids is 1. The van der Waals surface area contributed by atoms with E-state index in [4.69, 9.17) is 0 Å². The van der Waals surface area contributed by atoms with Gasteiger partial charge < -0.3 is 10.6 Å². The third kappa shape index (κ3) is 3.10. The molecular formula is C15H16N2O. The molecule has 0 fully saturated rings. The fourth-order valence-corrected chi connectivity index (χ4v) is 1.73. The third-order valence-electron chi connectivity index (χ3n) is 2.69.